The molecule has 1 heterocycles. The highest BCUT2D eigenvalue weighted by atomic mass is 16.1. The van der Waals surface area contributed by atoms with Gasteiger partial charge in [-0.15, -0.1) is 0 Å². The van der Waals surface area contributed by atoms with Crippen LogP contribution in [0.1, 0.15) is 5.56 Å². The zero-order chi connectivity index (χ0) is 11.0. The predicted molar refractivity (Wildman–Crippen MR) is 60.0 cm³/mol. The zero-order valence-electron chi connectivity index (χ0n) is 8.20. The van der Waals surface area contributed by atoms with Gasteiger partial charge in [0.15, 0.2) is 5.43 Å². The molecule has 0 aliphatic carbocycles. The number of fused-ring (bicyclic) bond motifs is 1. The lowest BCUT2D eigenvalue weighted by Gasteiger charge is -1.89. The lowest BCUT2D eigenvalue weighted by atomic mass is 10.2. The van der Waals surface area contributed by atoms with E-state index in [1.807, 2.05) is 0 Å². The predicted octanol–water partition coefficient (Wildman–Crippen LogP) is 0.779. The summed E-state index contributed by atoms with van der Waals surface area (Å²) in [4.78, 5) is 25.9. The molecule has 0 atom stereocenters. The van der Waals surface area contributed by atoms with E-state index < -0.39 is 5.56 Å². The summed E-state index contributed by atoms with van der Waals surface area (Å²) in [7, 11) is 0. The van der Waals surface area contributed by atoms with E-state index in [2.05, 4.69) is 4.98 Å². The highest BCUT2D eigenvalue weighted by Crippen LogP contribution is 2.06. The van der Waals surface area contributed by atoms with Gasteiger partial charge >= 0.3 is 0 Å². The quantitative estimate of drug-likeness (QED) is 0.662. The van der Waals surface area contributed by atoms with Crippen LogP contribution >= 0.6 is 0 Å². The first-order valence-corrected chi connectivity index (χ1v) is 4.52. The molecule has 0 unspecified atom stereocenters. The Balaban J connectivity index is 3.20. The van der Waals surface area contributed by atoms with Crippen molar-refractivity contribution in [3.05, 3.63) is 50.4 Å². The van der Waals surface area contributed by atoms with E-state index in [1.165, 1.54) is 0 Å². The highest BCUT2D eigenvalue weighted by molar-refractivity contribution is 5.79. The lowest BCUT2D eigenvalue weighted by molar-refractivity contribution is 1.31. The Morgan fingerprint density at radius 3 is 2.60 bits per heavy atom. The Hall–Kier alpha value is -2.10. The molecule has 1 aromatic heterocycles. The molecule has 0 aliphatic heterocycles. The maximum Gasteiger partial charge on any atom is 0.271 e. The van der Waals surface area contributed by atoms with E-state index >= 15 is 0 Å². The molecule has 1 aromatic carbocycles. The van der Waals surface area contributed by atoms with E-state index in [-0.39, 0.29) is 16.7 Å². The summed E-state index contributed by atoms with van der Waals surface area (Å²) in [5.41, 5.74) is 5.68. The van der Waals surface area contributed by atoms with Crippen molar-refractivity contribution in [2.24, 2.45) is 0 Å². The van der Waals surface area contributed by atoms with Crippen LogP contribution in [0.15, 0.2) is 33.9 Å². The van der Waals surface area contributed by atoms with E-state index in [0.717, 1.165) is 0 Å². The lowest BCUT2D eigenvalue weighted by Crippen LogP contribution is -2.12. The summed E-state index contributed by atoms with van der Waals surface area (Å²) in [5.74, 6) is 0. The summed E-state index contributed by atoms with van der Waals surface area (Å²) in [6.07, 6.45) is 0. The molecular weight excluding hydrogens is 192 g/mol. The molecule has 0 saturated heterocycles. The number of para-hydroxylation sites is 1. The molecule has 0 aliphatic rings. The molecule has 76 valence electrons. The molecule has 0 spiro atoms. The second-order valence-electron chi connectivity index (χ2n) is 3.37. The minimum absolute atomic E-state index is 0.0174. The van der Waals surface area contributed by atoms with Gasteiger partial charge in [-0.25, -0.2) is 0 Å². The standard InChI is InChI=1S/C11H10N2O2/c1-6-9(12)11(15)13-8-5-3-2-4-7(8)10(6)14/h2-5H,12H2,1H3,(H,13,15). The number of anilines is 1. The van der Waals surface area contributed by atoms with Crippen molar-refractivity contribution in [3.8, 4) is 0 Å². The average Bonchev–Trinajstić information content (AvgIpc) is 2.32. The molecule has 2 aromatic rings. The molecule has 4 heteroatoms. The van der Waals surface area contributed by atoms with Gasteiger partial charge < -0.3 is 10.7 Å². The van der Waals surface area contributed by atoms with Crippen LogP contribution in [0.25, 0.3) is 10.9 Å². The first-order chi connectivity index (χ1) is 7.11. The van der Waals surface area contributed by atoms with Crippen molar-refractivity contribution < 1.29 is 0 Å². The number of hydrogen-bond donors (Lipinski definition) is 2. The maximum absolute atomic E-state index is 11.9. The van der Waals surface area contributed by atoms with Crippen molar-refractivity contribution in [1.29, 1.82) is 0 Å². The second-order valence-corrected chi connectivity index (χ2v) is 3.37. The van der Waals surface area contributed by atoms with E-state index in [9.17, 15) is 9.59 Å². The third-order valence-corrected chi connectivity index (χ3v) is 2.41. The molecule has 0 saturated carbocycles. The smallest absolute Gasteiger partial charge is 0.271 e. The van der Waals surface area contributed by atoms with Gasteiger partial charge in [0.2, 0.25) is 0 Å². The van der Waals surface area contributed by atoms with Crippen LogP contribution in [0.2, 0.25) is 0 Å². The Bertz CT molecular complexity index is 644. The SMILES string of the molecule is Cc1c(N)c(=O)[nH]c2ccccc2c1=O. The van der Waals surface area contributed by atoms with Crippen LogP contribution in [0.5, 0.6) is 0 Å². The summed E-state index contributed by atoms with van der Waals surface area (Å²) in [6, 6.07) is 6.85. The summed E-state index contributed by atoms with van der Waals surface area (Å²) < 4.78 is 0. The first kappa shape index (κ1) is 9.45. The molecule has 0 amide bonds. The minimum atomic E-state index is -0.425. The maximum atomic E-state index is 11.9. The first-order valence-electron chi connectivity index (χ1n) is 4.52. The highest BCUT2D eigenvalue weighted by Gasteiger charge is 2.05. The van der Waals surface area contributed by atoms with Crippen LogP contribution in [0, 0.1) is 6.92 Å². The van der Waals surface area contributed by atoms with E-state index in [4.69, 9.17) is 5.73 Å². The number of aromatic amines is 1. The van der Waals surface area contributed by atoms with E-state index in [1.54, 1.807) is 31.2 Å². The monoisotopic (exact) mass is 202 g/mol. The normalized spacial score (nSPS) is 10.5. The molecule has 2 rings (SSSR count). The Labute approximate surface area is 85.4 Å². The third kappa shape index (κ3) is 1.40. The van der Waals surface area contributed by atoms with Gasteiger partial charge in [0, 0.05) is 10.9 Å². The van der Waals surface area contributed by atoms with Gasteiger partial charge in [-0.3, -0.25) is 9.59 Å². The van der Waals surface area contributed by atoms with Crippen LogP contribution in [-0.4, -0.2) is 4.98 Å². The molecule has 15 heavy (non-hydrogen) atoms. The average molecular weight is 202 g/mol. The fourth-order valence-corrected chi connectivity index (χ4v) is 1.47. The van der Waals surface area contributed by atoms with Gasteiger partial charge in [0.25, 0.3) is 5.56 Å². The Morgan fingerprint density at radius 2 is 1.87 bits per heavy atom. The number of nitrogen functional groups attached to an aromatic ring is 1. The van der Waals surface area contributed by atoms with Gasteiger partial charge in [0.05, 0.1) is 5.52 Å². The molecule has 4 nitrogen and oxygen atoms in total. The fourth-order valence-electron chi connectivity index (χ4n) is 1.47. The topological polar surface area (TPSA) is 76.0 Å². The van der Waals surface area contributed by atoms with E-state index in [0.29, 0.717) is 10.9 Å². The number of nitrogens with one attached hydrogen (secondary N) is 1. The fraction of sp³-hybridized carbons (Fsp3) is 0.0909. The van der Waals surface area contributed by atoms with Crippen molar-refractivity contribution in [1.82, 2.24) is 4.98 Å². The molecule has 0 fully saturated rings. The number of nitrogens with two attached hydrogens (primary N) is 1. The summed E-state index contributed by atoms with van der Waals surface area (Å²) >= 11 is 0. The molecule has 0 bridgehead atoms. The number of hydrogen-bond acceptors (Lipinski definition) is 3. The van der Waals surface area contributed by atoms with Gasteiger partial charge in [-0.2, -0.15) is 0 Å². The summed E-state index contributed by atoms with van der Waals surface area (Å²) in [5, 5.41) is 0.476. The van der Waals surface area contributed by atoms with Crippen LogP contribution in [0.4, 0.5) is 5.69 Å². The van der Waals surface area contributed by atoms with Crippen molar-refractivity contribution in [2.75, 3.05) is 5.73 Å². The van der Waals surface area contributed by atoms with Crippen molar-refractivity contribution in [2.45, 2.75) is 6.92 Å². The number of benzene rings is 1. The number of H-pyrrole nitrogens is 1. The van der Waals surface area contributed by atoms with Crippen LogP contribution < -0.4 is 16.7 Å². The van der Waals surface area contributed by atoms with Crippen LogP contribution in [0.3, 0.4) is 0 Å². The molecule has 0 radical (unpaired) electrons. The third-order valence-electron chi connectivity index (χ3n) is 2.41. The largest absolute Gasteiger partial charge is 0.394 e. The van der Waals surface area contributed by atoms with Gasteiger partial charge in [0.1, 0.15) is 5.69 Å². The minimum Gasteiger partial charge on any atom is -0.394 e. The van der Waals surface area contributed by atoms with Gasteiger partial charge in [-0.1, -0.05) is 12.1 Å². The number of aromatic nitrogens is 1. The second kappa shape index (κ2) is 3.24. The van der Waals surface area contributed by atoms with Gasteiger partial charge in [-0.05, 0) is 19.1 Å². The van der Waals surface area contributed by atoms with Crippen LogP contribution in [-0.2, 0) is 0 Å². The Kier molecular flexibility index (Phi) is 2.04. The Morgan fingerprint density at radius 1 is 1.20 bits per heavy atom. The number of rotatable bonds is 0. The van der Waals surface area contributed by atoms with Crippen molar-refractivity contribution in [3.63, 3.8) is 0 Å². The molecular formula is C11H10N2O2. The molecule has 3 N–H and O–H groups in total. The summed E-state index contributed by atoms with van der Waals surface area (Å²) in [6.45, 7) is 1.55. The van der Waals surface area contributed by atoms with Crippen molar-refractivity contribution >= 4 is 16.6 Å². The zero-order valence-corrected chi connectivity index (χ0v) is 8.20.